The Morgan fingerprint density at radius 3 is 2.65 bits per heavy atom. The third-order valence-corrected chi connectivity index (χ3v) is 6.98. The zero-order valence-corrected chi connectivity index (χ0v) is 23.6. The second-order valence-electron chi connectivity index (χ2n) is 9.31. The molecule has 3 N–H and O–H groups in total. The number of nitrogens with zero attached hydrogens (tertiary/aromatic N) is 1. The smallest absolute Gasteiger partial charge is 0.250 e. The molecule has 1 amide bonds. The zero-order valence-electron chi connectivity index (χ0n) is 22.0. The Hall–Kier alpha value is -4.40. The fourth-order valence-electron chi connectivity index (χ4n) is 4.14. The number of aryl methyl sites for hydroxylation is 3. The summed E-state index contributed by atoms with van der Waals surface area (Å²) in [6.07, 6.45) is 3.76. The number of aromatic nitrogens is 1. The lowest BCUT2D eigenvalue weighted by Crippen LogP contribution is -2.32. The molecule has 2 heterocycles. The van der Waals surface area contributed by atoms with Gasteiger partial charge in [-0.15, -0.1) is 0 Å². The Kier molecular flexibility index (Phi) is 7.73. The van der Waals surface area contributed by atoms with Crippen molar-refractivity contribution < 1.29 is 18.7 Å². The van der Waals surface area contributed by atoms with E-state index < -0.39 is 5.91 Å². The van der Waals surface area contributed by atoms with Crippen molar-refractivity contribution in [3.8, 4) is 28.5 Å². The Bertz CT molecular complexity index is 1790. The highest BCUT2D eigenvalue weighted by molar-refractivity contribution is 7.80. The first kappa shape index (κ1) is 27.2. The van der Waals surface area contributed by atoms with E-state index in [1.807, 2.05) is 49.4 Å². The molecule has 0 atom stereocenters. The Labute approximate surface area is 241 Å². The van der Waals surface area contributed by atoms with Gasteiger partial charge in [0, 0.05) is 22.3 Å². The molecule has 0 aliphatic heterocycles. The van der Waals surface area contributed by atoms with Gasteiger partial charge in [-0.25, -0.2) is 4.98 Å². The van der Waals surface area contributed by atoms with Crippen LogP contribution < -0.4 is 10.6 Å². The SMILES string of the molecule is CCc1ccc2oc(-c3cc(NC(=S)NC(=O)/C=C/c4ccc(-c5ccc(C)c(Cl)c5)o4)cc(C)c3O)nc2c1. The molecular formula is C31H26ClN3O4S. The highest BCUT2D eigenvalue weighted by atomic mass is 35.5. The number of benzene rings is 3. The molecule has 0 saturated carbocycles. The van der Waals surface area contributed by atoms with Gasteiger partial charge in [0.25, 0.3) is 0 Å². The van der Waals surface area contributed by atoms with Crippen molar-refractivity contribution in [1.29, 1.82) is 0 Å². The van der Waals surface area contributed by atoms with E-state index in [-0.39, 0.29) is 16.8 Å². The minimum absolute atomic E-state index is 0.0523. The predicted molar refractivity (Wildman–Crippen MR) is 163 cm³/mol. The summed E-state index contributed by atoms with van der Waals surface area (Å²) < 4.78 is 11.7. The van der Waals surface area contributed by atoms with Crippen LogP contribution in [0.15, 0.2) is 75.6 Å². The lowest BCUT2D eigenvalue weighted by atomic mass is 10.1. The molecule has 0 aliphatic rings. The van der Waals surface area contributed by atoms with Crippen LogP contribution in [0.4, 0.5) is 5.69 Å². The van der Waals surface area contributed by atoms with Crippen molar-refractivity contribution in [2.75, 3.05) is 5.32 Å². The van der Waals surface area contributed by atoms with E-state index in [2.05, 4.69) is 22.5 Å². The molecule has 40 heavy (non-hydrogen) atoms. The van der Waals surface area contributed by atoms with Crippen LogP contribution in [0.2, 0.25) is 5.02 Å². The van der Waals surface area contributed by atoms with E-state index in [0.717, 1.165) is 23.1 Å². The van der Waals surface area contributed by atoms with Gasteiger partial charge in [-0.3, -0.25) is 10.1 Å². The van der Waals surface area contributed by atoms with Crippen LogP contribution in [0, 0.1) is 13.8 Å². The standard InChI is InChI=1S/C31H26ClN3O4S/c1-4-19-6-10-27-25(14-19)34-30(39-27)23-16-21(13-18(3)29(23)37)33-31(40)35-28(36)12-9-22-8-11-26(38-22)20-7-5-17(2)24(32)15-20/h5-16,37H,4H2,1-3H3,(H2,33,35,36,40)/b12-9+. The Morgan fingerprint density at radius 2 is 1.88 bits per heavy atom. The van der Waals surface area contributed by atoms with E-state index in [1.165, 1.54) is 6.08 Å². The zero-order chi connectivity index (χ0) is 28.4. The first-order chi connectivity index (χ1) is 19.2. The van der Waals surface area contributed by atoms with Gasteiger partial charge >= 0.3 is 0 Å². The van der Waals surface area contributed by atoms with Gasteiger partial charge in [0.05, 0.1) is 5.56 Å². The summed E-state index contributed by atoms with van der Waals surface area (Å²) in [7, 11) is 0. The number of furan rings is 1. The molecule has 202 valence electrons. The summed E-state index contributed by atoms with van der Waals surface area (Å²) in [5, 5.41) is 17.0. The van der Waals surface area contributed by atoms with E-state index in [9.17, 15) is 9.90 Å². The normalized spacial score (nSPS) is 11.3. The summed E-state index contributed by atoms with van der Waals surface area (Å²) in [6.45, 7) is 5.76. The van der Waals surface area contributed by atoms with Gasteiger partial charge in [0.1, 0.15) is 22.8 Å². The largest absolute Gasteiger partial charge is 0.507 e. The maximum absolute atomic E-state index is 12.5. The second kappa shape index (κ2) is 11.4. The first-order valence-corrected chi connectivity index (χ1v) is 13.4. The number of amides is 1. The monoisotopic (exact) mass is 571 g/mol. The lowest BCUT2D eigenvalue weighted by molar-refractivity contribution is -0.115. The van der Waals surface area contributed by atoms with Crippen LogP contribution in [0.25, 0.3) is 40.0 Å². The average molecular weight is 572 g/mol. The van der Waals surface area contributed by atoms with Crippen LogP contribution in [0.1, 0.15) is 29.4 Å². The van der Waals surface area contributed by atoms with Crippen molar-refractivity contribution in [3.63, 3.8) is 0 Å². The quantitative estimate of drug-likeness (QED) is 0.108. The van der Waals surface area contributed by atoms with E-state index in [1.54, 1.807) is 31.2 Å². The number of halogens is 1. The van der Waals surface area contributed by atoms with Gasteiger partial charge < -0.3 is 19.3 Å². The lowest BCUT2D eigenvalue weighted by Gasteiger charge is -2.12. The van der Waals surface area contributed by atoms with E-state index in [0.29, 0.717) is 44.5 Å². The molecule has 7 nitrogen and oxygen atoms in total. The molecule has 9 heteroatoms. The second-order valence-corrected chi connectivity index (χ2v) is 10.1. The van der Waals surface area contributed by atoms with Crippen LogP contribution in [-0.2, 0) is 11.2 Å². The number of thiocarbonyl (C=S) groups is 1. The van der Waals surface area contributed by atoms with Gasteiger partial charge in [-0.2, -0.15) is 0 Å². The maximum Gasteiger partial charge on any atom is 0.250 e. The molecule has 0 fully saturated rings. The van der Waals surface area contributed by atoms with Crippen molar-refractivity contribution in [2.45, 2.75) is 27.2 Å². The number of nitrogens with one attached hydrogen (secondary N) is 2. The van der Waals surface area contributed by atoms with Crippen molar-refractivity contribution in [3.05, 3.63) is 94.2 Å². The highest BCUT2D eigenvalue weighted by Gasteiger charge is 2.16. The Morgan fingerprint density at radius 1 is 1.05 bits per heavy atom. The van der Waals surface area contributed by atoms with Crippen LogP contribution in [-0.4, -0.2) is 21.1 Å². The fraction of sp³-hybridized carbons (Fsp3) is 0.129. The number of anilines is 1. The third-order valence-electron chi connectivity index (χ3n) is 6.37. The number of fused-ring (bicyclic) bond motifs is 1. The van der Waals surface area contributed by atoms with Crippen molar-refractivity contribution in [2.24, 2.45) is 0 Å². The minimum Gasteiger partial charge on any atom is -0.507 e. The molecule has 0 spiro atoms. The number of hydrogen-bond acceptors (Lipinski definition) is 6. The van der Waals surface area contributed by atoms with Gasteiger partial charge in [-0.1, -0.05) is 36.7 Å². The van der Waals surface area contributed by atoms with Gasteiger partial charge in [-0.05, 0) is 97.7 Å². The van der Waals surface area contributed by atoms with Gasteiger partial charge in [0.15, 0.2) is 10.7 Å². The van der Waals surface area contributed by atoms with Crippen LogP contribution >= 0.6 is 23.8 Å². The molecule has 3 aromatic carbocycles. The number of rotatable bonds is 6. The number of phenolic OH excluding ortho intramolecular Hbond substituents is 1. The van der Waals surface area contributed by atoms with E-state index in [4.69, 9.17) is 32.7 Å². The van der Waals surface area contributed by atoms with Crippen LogP contribution in [0.3, 0.4) is 0 Å². The molecule has 0 saturated heterocycles. The molecular weight excluding hydrogens is 546 g/mol. The summed E-state index contributed by atoms with van der Waals surface area (Å²) in [6, 6.07) is 18.5. The predicted octanol–water partition coefficient (Wildman–Crippen LogP) is 7.82. The van der Waals surface area contributed by atoms with Crippen LogP contribution in [0.5, 0.6) is 5.75 Å². The number of carbonyl (C=O) groups is 1. The number of phenols is 1. The van der Waals surface area contributed by atoms with E-state index >= 15 is 0 Å². The number of hydrogen-bond donors (Lipinski definition) is 3. The average Bonchev–Trinajstić information content (AvgIpc) is 3.57. The summed E-state index contributed by atoms with van der Waals surface area (Å²) >= 11 is 11.6. The summed E-state index contributed by atoms with van der Waals surface area (Å²) in [5.74, 6) is 1.05. The molecule has 0 aliphatic carbocycles. The molecule has 5 rings (SSSR count). The highest BCUT2D eigenvalue weighted by Crippen LogP contribution is 2.36. The Balaban J connectivity index is 1.26. The molecule has 2 aromatic heterocycles. The number of oxazole rings is 1. The van der Waals surface area contributed by atoms with Crippen molar-refractivity contribution in [1.82, 2.24) is 10.3 Å². The third kappa shape index (κ3) is 5.93. The molecule has 5 aromatic rings. The molecule has 0 bridgehead atoms. The van der Waals surface area contributed by atoms with Gasteiger partial charge in [0.2, 0.25) is 11.8 Å². The number of aromatic hydroxyl groups is 1. The molecule has 0 unspecified atom stereocenters. The topological polar surface area (TPSA) is 101 Å². The maximum atomic E-state index is 12.5. The summed E-state index contributed by atoms with van der Waals surface area (Å²) in [4.78, 5) is 17.1. The fourth-order valence-corrected chi connectivity index (χ4v) is 4.54. The molecule has 0 radical (unpaired) electrons. The minimum atomic E-state index is -0.435. The first-order valence-electron chi connectivity index (χ1n) is 12.6. The number of carbonyl (C=O) groups excluding carboxylic acids is 1. The van der Waals surface area contributed by atoms with Crippen molar-refractivity contribution >= 4 is 57.7 Å². The summed E-state index contributed by atoms with van der Waals surface area (Å²) in [5.41, 5.74) is 5.87.